The number of hydrogen-bond acceptors (Lipinski definition) is 3. The van der Waals surface area contributed by atoms with Crippen LogP contribution in [-0.4, -0.2) is 16.8 Å². The zero-order valence-corrected chi connectivity index (χ0v) is 11.1. The van der Waals surface area contributed by atoms with Crippen LogP contribution in [0.4, 0.5) is 11.4 Å². The molecule has 0 atom stereocenters. The van der Waals surface area contributed by atoms with Crippen molar-refractivity contribution in [3.8, 4) is 0 Å². The largest absolute Gasteiger partial charge is 0.290 e. The Balaban J connectivity index is 2.07. The van der Waals surface area contributed by atoms with Crippen LogP contribution in [0.25, 0.3) is 0 Å². The summed E-state index contributed by atoms with van der Waals surface area (Å²) in [5.41, 5.74) is 2.13. The van der Waals surface area contributed by atoms with Crippen LogP contribution < -0.4 is 4.90 Å². The Morgan fingerprint density at radius 3 is 1.84 bits per heavy atom. The minimum Gasteiger partial charge on any atom is -0.290 e. The van der Waals surface area contributed by atoms with Crippen molar-refractivity contribution in [3.05, 3.63) is 60.7 Å². The van der Waals surface area contributed by atoms with E-state index in [1.807, 2.05) is 36.4 Å². The number of nitrogens with one attached hydrogen (secondary N) is 1. The lowest BCUT2D eigenvalue weighted by Gasteiger charge is -2.23. The molecule has 4 heteroatoms. The van der Waals surface area contributed by atoms with Gasteiger partial charge in [-0.1, -0.05) is 48.2 Å². The Kier molecular flexibility index (Phi) is 3.33. The van der Waals surface area contributed by atoms with E-state index in [2.05, 4.69) is 34.2 Å². The van der Waals surface area contributed by atoms with E-state index in [-0.39, 0.29) is 0 Å². The van der Waals surface area contributed by atoms with Crippen molar-refractivity contribution >= 4 is 34.1 Å². The van der Waals surface area contributed by atoms with Crippen LogP contribution >= 0.6 is 11.8 Å². The summed E-state index contributed by atoms with van der Waals surface area (Å²) >= 11 is 1.60. The van der Waals surface area contributed by atoms with E-state index in [1.54, 1.807) is 11.8 Å². The lowest BCUT2D eigenvalue weighted by Crippen LogP contribution is -2.21. The fourth-order valence-corrected chi connectivity index (χ4v) is 2.80. The molecule has 0 bridgehead atoms. The quantitative estimate of drug-likeness (QED) is 0.896. The Bertz CT molecular complexity index is 568. The first-order valence-corrected chi connectivity index (χ1v) is 7.02. The highest BCUT2D eigenvalue weighted by atomic mass is 32.2. The molecule has 1 aliphatic heterocycles. The van der Waals surface area contributed by atoms with Crippen molar-refractivity contribution in [1.82, 2.24) is 0 Å². The fourth-order valence-electron chi connectivity index (χ4n) is 1.95. The minimum absolute atomic E-state index is 0.428. The van der Waals surface area contributed by atoms with Gasteiger partial charge in [0.05, 0.1) is 5.75 Å². The number of amidine groups is 2. The van der Waals surface area contributed by atoms with Crippen LogP contribution in [0.1, 0.15) is 0 Å². The molecule has 0 saturated heterocycles. The first kappa shape index (κ1) is 12.0. The molecule has 1 heterocycles. The van der Waals surface area contributed by atoms with Crippen LogP contribution in [0.15, 0.2) is 65.7 Å². The normalized spacial score (nSPS) is 14.3. The molecule has 0 amide bonds. The highest BCUT2D eigenvalue weighted by Gasteiger charge is 2.21. The zero-order valence-electron chi connectivity index (χ0n) is 10.3. The number of thioether (sulfide) groups is 1. The Labute approximate surface area is 116 Å². The van der Waals surface area contributed by atoms with Crippen molar-refractivity contribution < 1.29 is 0 Å². The van der Waals surface area contributed by atoms with E-state index in [0.717, 1.165) is 16.5 Å². The second-order valence-corrected chi connectivity index (χ2v) is 5.08. The molecule has 1 aliphatic rings. The first-order chi connectivity index (χ1) is 9.34. The average molecular weight is 267 g/mol. The monoisotopic (exact) mass is 267 g/mol. The van der Waals surface area contributed by atoms with Crippen LogP contribution in [0.3, 0.4) is 0 Å². The molecule has 1 N–H and O–H groups in total. The highest BCUT2D eigenvalue weighted by Crippen LogP contribution is 2.30. The van der Waals surface area contributed by atoms with Gasteiger partial charge < -0.3 is 0 Å². The third-order valence-electron chi connectivity index (χ3n) is 2.79. The molecule has 3 nitrogen and oxygen atoms in total. The molecule has 2 aromatic rings. The number of aliphatic imine (C=N–C) groups is 1. The fraction of sp³-hybridized carbons (Fsp3) is 0.0667. The molecular weight excluding hydrogens is 254 g/mol. The van der Waals surface area contributed by atoms with Gasteiger partial charge in [0.15, 0.2) is 5.17 Å². The maximum atomic E-state index is 7.66. The van der Waals surface area contributed by atoms with Gasteiger partial charge in [-0.25, -0.2) is 4.99 Å². The van der Waals surface area contributed by atoms with Gasteiger partial charge in [0, 0.05) is 11.4 Å². The summed E-state index contributed by atoms with van der Waals surface area (Å²) in [5, 5.41) is 8.53. The number of hydrogen-bond donors (Lipinski definition) is 1. The molecular formula is C15H13N3S. The minimum atomic E-state index is 0.428. The van der Waals surface area contributed by atoms with Gasteiger partial charge in [-0.05, 0) is 24.3 Å². The lowest BCUT2D eigenvalue weighted by atomic mass is 10.2. The maximum Gasteiger partial charge on any atom is 0.175 e. The summed E-state index contributed by atoms with van der Waals surface area (Å²) in [6.45, 7) is 0. The third-order valence-corrected chi connectivity index (χ3v) is 3.74. The third kappa shape index (κ3) is 2.53. The predicted molar refractivity (Wildman–Crippen MR) is 82.6 cm³/mol. The average Bonchev–Trinajstić information content (AvgIpc) is 2.88. The van der Waals surface area contributed by atoms with E-state index >= 15 is 0 Å². The molecule has 0 saturated carbocycles. The number of rotatable bonds is 2. The molecule has 3 rings (SSSR count). The van der Waals surface area contributed by atoms with E-state index in [1.165, 1.54) is 0 Å². The van der Waals surface area contributed by atoms with Crippen LogP contribution in [0.5, 0.6) is 0 Å². The number of benzene rings is 2. The first-order valence-electron chi connectivity index (χ1n) is 6.04. The van der Waals surface area contributed by atoms with Crippen molar-refractivity contribution in [2.24, 2.45) is 4.99 Å². The van der Waals surface area contributed by atoms with Gasteiger partial charge >= 0.3 is 0 Å². The van der Waals surface area contributed by atoms with Crippen molar-refractivity contribution in [3.63, 3.8) is 0 Å². The molecule has 2 aromatic carbocycles. The van der Waals surface area contributed by atoms with Crippen molar-refractivity contribution in [2.45, 2.75) is 0 Å². The number of nitrogens with zero attached hydrogens (tertiary/aromatic N) is 2. The second-order valence-electron chi connectivity index (χ2n) is 4.14. The van der Waals surface area contributed by atoms with Crippen LogP contribution in [-0.2, 0) is 0 Å². The number of anilines is 2. The zero-order chi connectivity index (χ0) is 13.1. The van der Waals surface area contributed by atoms with E-state index in [9.17, 15) is 0 Å². The molecule has 0 fully saturated rings. The molecule has 0 radical (unpaired) electrons. The van der Waals surface area contributed by atoms with Crippen molar-refractivity contribution in [2.75, 3.05) is 10.7 Å². The van der Waals surface area contributed by atoms with Crippen molar-refractivity contribution in [1.29, 1.82) is 5.41 Å². The molecule has 0 aliphatic carbocycles. The SMILES string of the molecule is N=C1CSC(N(c2ccccc2)c2ccccc2)=N1. The Morgan fingerprint density at radius 1 is 0.895 bits per heavy atom. The number of para-hydroxylation sites is 2. The maximum absolute atomic E-state index is 7.66. The standard InChI is InChI=1S/C15H13N3S/c16-14-11-19-15(17-14)18(12-7-3-1-4-8-12)13-9-5-2-6-10-13/h1-10,16H,11H2. The highest BCUT2D eigenvalue weighted by molar-refractivity contribution is 8.15. The van der Waals surface area contributed by atoms with Crippen LogP contribution in [0, 0.1) is 5.41 Å². The summed E-state index contributed by atoms with van der Waals surface area (Å²) < 4.78 is 0. The smallest absolute Gasteiger partial charge is 0.175 e. The summed E-state index contributed by atoms with van der Waals surface area (Å²) in [4.78, 5) is 6.42. The van der Waals surface area contributed by atoms with E-state index in [0.29, 0.717) is 11.6 Å². The Morgan fingerprint density at radius 2 is 1.42 bits per heavy atom. The summed E-state index contributed by atoms with van der Waals surface area (Å²) in [6, 6.07) is 20.3. The van der Waals surface area contributed by atoms with Crippen LogP contribution in [0.2, 0.25) is 0 Å². The van der Waals surface area contributed by atoms with Gasteiger partial charge in [-0.15, -0.1) is 0 Å². The van der Waals surface area contributed by atoms with Gasteiger partial charge in [-0.2, -0.15) is 0 Å². The molecule has 0 unspecified atom stereocenters. The Hall–Kier alpha value is -2.07. The molecule has 0 aromatic heterocycles. The second kappa shape index (κ2) is 5.28. The predicted octanol–water partition coefficient (Wildman–Crippen LogP) is 3.90. The van der Waals surface area contributed by atoms with Gasteiger partial charge in [0.2, 0.25) is 0 Å². The van der Waals surface area contributed by atoms with E-state index in [4.69, 9.17) is 5.41 Å². The van der Waals surface area contributed by atoms with Gasteiger partial charge in [0.1, 0.15) is 5.84 Å². The van der Waals surface area contributed by atoms with Gasteiger partial charge in [-0.3, -0.25) is 10.3 Å². The molecule has 0 spiro atoms. The van der Waals surface area contributed by atoms with E-state index < -0.39 is 0 Å². The lowest BCUT2D eigenvalue weighted by molar-refractivity contribution is 1.35. The molecule has 19 heavy (non-hydrogen) atoms. The summed E-state index contributed by atoms with van der Waals surface area (Å²) in [7, 11) is 0. The summed E-state index contributed by atoms with van der Waals surface area (Å²) in [6.07, 6.45) is 0. The summed E-state index contributed by atoms with van der Waals surface area (Å²) in [5.74, 6) is 1.07. The van der Waals surface area contributed by atoms with Gasteiger partial charge in [0.25, 0.3) is 0 Å². The topological polar surface area (TPSA) is 39.5 Å². The molecule has 94 valence electrons.